The highest BCUT2D eigenvalue weighted by Gasteiger charge is 2.30. The number of esters is 1. The number of rotatable bonds is 4. The molecule has 0 saturated heterocycles. The van der Waals surface area contributed by atoms with Gasteiger partial charge in [-0.15, -0.1) is 0 Å². The van der Waals surface area contributed by atoms with Gasteiger partial charge in [0.15, 0.2) is 6.10 Å². The Morgan fingerprint density at radius 1 is 1.24 bits per heavy atom. The van der Waals surface area contributed by atoms with Crippen LogP contribution in [0, 0.1) is 0 Å². The van der Waals surface area contributed by atoms with E-state index in [4.69, 9.17) is 4.74 Å². The van der Waals surface area contributed by atoms with Gasteiger partial charge in [0, 0.05) is 18.5 Å². The molecule has 1 aromatic rings. The van der Waals surface area contributed by atoms with E-state index in [1.165, 1.54) is 6.92 Å². The number of ether oxygens (including phenoxy) is 1. The molecule has 2 amide bonds. The molecule has 1 aliphatic heterocycles. The second-order valence-electron chi connectivity index (χ2n) is 5.21. The first-order valence-corrected chi connectivity index (χ1v) is 7.21. The third-order valence-corrected chi connectivity index (χ3v) is 3.27. The summed E-state index contributed by atoms with van der Waals surface area (Å²) < 4.78 is 42.3. The largest absolute Gasteiger partial charge is 0.448 e. The Morgan fingerprint density at radius 3 is 2.40 bits per heavy atom. The zero-order chi connectivity index (χ0) is 18.6. The number of anilines is 1. The van der Waals surface area contributed by atoms with Gasteiger partial charge in [0.25, 0.3) is 5.91 Å². The fourth-order valence-electron chi connectivity index (χ4n) is 1.89. The second-order valence-corrected chi connectivity index (χ2v) is 5.21. The van der Waals surface area contributed by atoms with Crippen molar-refractivity contribution in [2.45, 2.75) is 32.0 Å². The van der Waals surface area contributed by atoms with E-state index in [2.05, 4.69) is 15.8 Å². The monoisotopic (exact) mass is 357 g/mol. The third kappa shape index (κ3) is 5.03. The number of benzene rings is 1. The molecule has 134 valence electrons. The quantitative estimate of drug-likeness (QED) is 0.804. The average molecular weight is 357 g/mol. The highest BCUT2D eigenvalue weighted by Crippen LogP contribution is 2.29. The Labute approximate surface area is 140 Å². The number of alkyl halides is 3. The first-order valence-electron chi connectivity index (χ1n) is 7.21. The third-order valence-electron chi connectivity index (χ3n) is 3.27. The lowest BCUT2D eigenvalue weighted by molar-refractivity contribution is -0.146. The van der Waals surface area contributed by atoms with Crippen LogP contribution in [-0.4, -0.2) is 29.6 Å². The van der Waals surface area contributed by atoms with Crippen LogP contribution in [0.4, 0.5) is 18.9 Å². The molecular weight excluding hydrogens is 343 g/mol. The Balaban J connectivity index is 1.92. The molecule has 10 heteroatoms. The molecule has 2 N–H and O–H groups in total. The number of hydrogen-bond donors (Lipinski definition) is 2. The van der Waals surface area contributed by atoms with Crippen LogP contribution in [0.5, 0.6) is 0 Å². The molecule has 0 aromatic heterocycles. The predicted octanol–water partition coefficient (Wildman–Crippen LogP) is 1.84. The minimum atomic E-state index is -4.47. The van der Waals surface area contributed by atoms with Gasteiger partial charge in [-0.2, -0.15) is 18.3 Å². The number of carbonyl (C=O) groups is 3. The number of nitrogens with zero attached hydrogens (tertiary/aromatic N) is 1. The SMILES string of the molecule is CC(OC(=O)C1=NNC(=O)CC1)C(=O)Nc1ccc(C(F)(F)F)cc1. The molecule has 2 rings (SSSR count). The summed E-state index contributed by atoms with van der Waals surface area (Å²) in [5.74, 6) is -1.90. The summed E-state index contributed by atoms with van der Waals surface area (Å²) in [6.07, 6.45) is -5.49. The zero-order valence-electron chi connectivity index (χ0n) is 13.0. The van der Waals surface area contributed by atoms with Crippen LogP contribution in [-0.2, 0) is 25.3 Å². The molecule has 0 bridgehead atoms. The lowest BCUT2D eigenvalue weighted by Gasteiger charge is -2.16. The summed E-state index contributed by atoms with van der Waals surface area (Å²) in [5, 5.41) is 5.89. The van der Waals surface area contributed by atoms with Crippen LogP contribution in [0.15, 0.2) is 29.4 Å². The highest BCUT2D eigenvalue weighted by molar-refractivity contribution is 6.37. The second kappa shape index (κ2) is 7.32. The van der Waals surface area contributed by atoms with Crippen molar-refractivity contribution in [2.75, 3.05) is 5.32 Å². The van der Waals surface area contributed by atoms with Gasteiger partial charge >= 0.3 is 12.1 Å². The van der Waals surface area contributed by atoms with Crippen LogP contribution in [0.1, 0.15) is 25.3 Å². The van der Waals surface area contributed by atoms with E-state index in [0.29, 0.717) is 0 Å². The minimum absolute atomic E-state index is 0.0196. The van der Waals surface area contributed by atoms with Crippen molar-refractivity contribution in [1.82, 2.24) is 5.43 Å². The molecule has 1 aromatic carbocycles. The number of halogens is 3. The molecule has 0 saturated carbocycles. The van der Waals surface area contributed by atoms with Gasteiger partial charge in [-0.1, -0.05) is 0 Å². The lowest BCUT2D eigenvalue weighted by Crippen LogP contribution is -2.35. The van der Waals surface area contributed by atoms with E-state index >= 15 is 0 Å². The number of carbonyl (C=O) groups excluding carboxylic acids is 3. The summed E-state index contributed by atoms with van der Waals surface area (Å²) in [7, 11) is 0. The fraction of sp³-hybridized carbons (Fsp3) is 0.333. The first-order chi connectivity index (χ1) is 11.7. The summed E-state index contributed by atoms with van der Waals surface area (Å²) in [5.41, 5.74) is 1.39. The Hall–Kier alpha value is -2.91. The molecule has 0 fully saturated rings. The van der Waals surface area contributed by atoms with E-state index in [1.807, 2.05) is 0 Å². The van der Waals surface area contributed by atoms with Crippen molar-refractivity contribution in [1.29, 1.82) is 0 Å². The van der Waals surface area contributed by atoms with Crippen LogP contribution in [0.2, 0.25) is 0 Å². The Kier molecular flexibility index (Phi) is 5.40. The van der Waals surface area contributed by atoms with E-state index in [-0.39, 0.29) is 30.1 Å². The molecule has 1 aliphatic rings. The summed E-state index contributed by atoms with van der Waals surface area (Å²) in [6.45, 7) is 1.30. The van der Waals surface area contributed by atoms with Crippen LogP contribution in [0.25, 0.3) is 0 Å². The summed E-state index contributed by atoms with van der Waals surface area (Å²) in [6, 6.07) is 3.84. The number of hydrogen-bond acceptors (Lipinski definition) is 5. The van der Waals surface area contributed by atoms with Crippen molar-refractivity contribution >= 4 is 29.2 Å². The molecular formula is C15H14F3N3O4. The molecule has 0 aliphatic carbocycles. The summed E-state index contributed by atoms with van der Waals surface area (Å²) in [4.78, 5) is 34.7. The lowest BCUT2D eigenvalue weighted by atomic mass is 10.2. The van der Waals surface area contributed by atoms with Crippen molar-refractivity contribution in [3.8, 4) is 0 Å². The Morgan fingerprint density at radius 2 is 1.88 bits per heavy atom. The van der Waals surface area contributed by atoms with Crippen molar-refractivity contribution in [3.05, 3.63) is 29.8 Å². The van der Waals surface area contributed by atoms with Gasteiger partial charge in [-0.3, -0.25) is 9.59 Å². The maximum absolute atomic E-state index is 12.5. The maximum atomic E-state index is 12.5. The van der Waals surface area contributed by atoms with Gasteiger partial charge < -0.3 is 10.1 Å². The van der Waals surface area contributed by atoms with E-state index < -0.39 is 29.7 Å². The molecule has 1 atom stereocenters. The standard InChI is InChI=1S/C15H14F3N3O4/c1-8(25-14(24)11-6-7-12(22)21-20-11)13(23)19-10-4-2-9(3-5-10)15(16,17)18/h2-5,8H,6-7H2,1H3,(H,19,23)(H,21,22). The summed E-state index contributed by atoms with van der Waals surface area (Å²) >= 11 is 0. The molecule has 1 heterocycles. The van der Waals surface area contributed by atoms with Gasteiger partial charge in [-0.05, 0) is 31.2 Å². The molecule has 0 radical (unpaired) electrons. The highest BCUT2D eigenvalue weighted by atomic mass is 19.4. The smallest absolute Gasteiger partial charge is 0.416 e. The van der Waals surface area contributed by atoms with Crippen LogP contribution in [0.3, 0.4) is 0 Å². The molecule has 7 nitrogen and oxygen atoms in total. The molecule has 0 spiro atoms. The Bertz CT molecular complexity index is 714. The van der Waals surface area contributed by atoms with E-state index in [0.717, 1.165) is 24.3 Å². The predicted molar refractivity (Wildman–Crippen MR) is 80.4 cm³/mol. The molecule has 1 unspecified atom stereocenters. The number of nitrogens with one attached hydrogen (secondary N) is 2. The normalized spacial score (nSPS) is 15.7. The maximum Gasteiger partial charge on any atom is 0.416 e. The van der Waals surface area contributed by atoms with E-state index in [1.54, 1.807) is 0 Å². The van der Waals surface area contributed by atoms with Gasteiger partial charge in [0.1, 0.15) is 5.71 Å². The molecule has 25 heavy (non-hydrogen) atoms. The van der Waals surface area contributed by atoms with Crippen molar-refractivity contribution in [3.63, 3.8) is 0 Å². The number of hydrazone groups is 1. The van der Waals surface area contributed by atoms with Gasteiger partial charge in [0.2, 0.25) is 5.91 Å². The zero-order valence-corrected chi connectivity index (χ0v) is 13.0. The number of amides is 2. The van der Waals surface area contributed by atoms with Crippen LogP contribution < -0.4 is 10.7 Å². The fourth-order valence-corrected chi connectivity index (χ4v) is 1.89. The van der Waals surface area contributed by atoms with Gasteiger partial charge in [-0.25, -0.2) is 10.2 Å². The van der Waals surface area contributed by atoms with Gasteiger partial charge in [0.05, 0.1) is 5.56 Å². The van der Waals surface area contributed by atoms with Crippen molar-refractivity contribution in [2.24, 2.45) is 5.10 Å². The topological polar surface area (TPSA) is 96.9 Å². The average Bonchev–Trinajstić information content (AvgIpc) is 2.55. The van der Waals surface area contributed by atoms with E-state index in [9.17, 15) is 27.6 Å². The first kappa shape index (κ1) is 18.4. The van der Waals surface area contributed by atoms with Crippen molar-refractivity contribution < 1.29 is 32.3 Å². The van der Waals surface area contributed by atoms with Crippen LogP contribution >= 0.6 is 0 Å². The minimum Gasteiger partial charge on any atom is -0.448 e.